The van der Waals surface area contributed by atoms with Crippen molar-refractivity contribution in [2.75, 3.05) is 7.11 Å². The number of nitrogens with zero attached hydrogens (tertiary/aromatic N) is 4. The number of hydrogen-bond acceptors (Lipinski definition) is 7. The predicted octanol–water partition coefficient (Wildman–Crippen LogP) is 2.49. The third kappa shape index (κ3) is 2.13. The van der Waals surface area contributed by atoms with Crippen molar-refractivity contribution in [3.05, 3.63) is 83.7 Å². The average molecular weight is 348 g/mol. The van der Waals surface area contributed by atoms with Gasteiger partial charge in [-0.2, -0.15) is 0 Å². The molecule has 3 aliphatic heterocycles. The van der Waals surface area contributed by atoms with Crippen LogP contribution in [0.25, 0.3) is 0 Å². The number of benzene rings is 2. The Bertz CT molecular complexity index is 911. The molecule has 130 valence electrons. The molecule has 2 unspecified atom stereocenters. The third-order valence-corrected chi connectivity index (χ3v) is 4.50. The molecule has 2 atom stereocenters. The van der Waals surface area contributed by atoms with Crippen LogP contribution < -0.4 is 0 Å². The molecule has 0 radical (unpaired) electrons. The predicted molar refractivity (Wildman–Crippen MR) is 94.5 cm³/mol. The smallest absolute Gasteiger partial charge is 0.288 e. The van der Waals surface area contributed by atoms with Gasteiger partial charge in [0, 0.05) is 11.1 Å². The summed E-state index contributed by atoms with van der Waals surface area (Å²) in [7, 11) is 1.62. The minimum absolute atomic E-state index is 0.484. The highest BCUT2D eigenvalue weighted by molar-refractivity contribution is 6.02. The first kappa shape index (κ1) is 14.8. The number of methoxy groups -OCH3 is 1. The van der Waals surface area contributed by atoms with E-state index >= 15 is 0 Å². The van der Waals surface area contributed by atoms with Crippen LogP contribution in [0, 0.1) is 0 Å². The molecule has 2 aromatic rings. The van der Waals surface area contributed by atoms with E-state index in [0.717, 1.165) is 11.1 Å². The zero-order valence-corrected chi connectivity index (χ0v) is 14.0. The van der Waals surface area contributed by atoms with Crippen LogP contribution in [0.3, 0.4) is 0 Å². The first-order valence-electron chi connectivity index (χ1n) is 8.27. The highest BCUT2D eigenvalue weighted by Crippen LogP contribution is 2.35. The Morgan fingerprint density at radius 2 is 1.46 bits per heavy atom. The second kappa shape index (κ2) is 5.80. The van der Waals surface area contributed by atoms with Crippen molar-refractivity contribution in [2.45, 2.75) is 12.6 Å². The maximum Gasteiger partial charge on any atom is 0.288 e. The highest BCUT2D eigenvalue weighted by Gasteiger charge is 2.50. The molecule has 0 fully saturated rings. The lowest BCUT2D eigenvalue weighted by Gasteiger charge is -2.37. The van der Waals surface area contributed by atoms with Crippen molar-refractivity contribution in [1.82, 2.24) is 9.80 Å². The summed E-state index contributed by atoms with van der Waals surface area (Å²) in [5, 5.41) is 8.57. The van der Waals surface area contributed by atoms with E-state index in [4.69, 9.17) is 14.4 Å². The Morgan fingerprint density at radius 3 is 2.12 bits per heavy atom. The minimum Gasteiger partial charge on any atom is -0.494 e. The van der Waals surface area contributed by atoms with Crippen molar-refractivity contribution >= 4 is 11.7 Å². The van der Waals surface area contributed by atoms with Gasteiger partial charge in [0.1, 0.15) is 0 Å². The monoisotopic (exact) mass is 348 g/mol. The molecule has 0 aromatic heterocycles. The molecule has 7 nitrogen and oxygen atoms in total. The second-order valence-electron chi connectivity index (χ2n) is 6.00. The van der Waals surface area contributed by atoms with E-state index in [1.807, 2.05) is 76.7 Å². The third-order valence-electron chi connectivity index (χ3n) is 4.50. The summed E-state index contributed by atoms with van der Waals surface area (Å²) < 4.78 is 5.55. The van der Waals surface area contributed by atoms with E-state index in [-0.39, 0.29) is 0 Å². The largest absolute Gasteiger partial charge is 0.494 e. The quantitative estimate of drug-likeness (QED) is 0.853. The zero-order valence-electron chi connectivity index (χ0n) is 14.0. The van der Waals surface area contributed by atoms with Gasteiger partial charge in [0.25, 0.3) is 12.6 Å². The fourth-order valence-corrected chi connectivity index (χ4v) is 3.26. The molecule has 26 heavy (non-hydrogen) atoms. The lowest BCUT2D eigenvalue weighted by molar-refractivity contribution is -0.132. The summed E-state index contributed by atoms with van der Waals surface area (Å²) in [6.45, 7) is 0. The molecule has 0 saturated carbocycles. The topological polar surface area (TPSA) is 58.9 Å². The summed E-state index contributed by atoms with van der Waals surface area (Å²) in [5.74, 6) is 2.02. The number of amidine groups is 2. The van der Waals surface area contributed by atoms with E-state index in [0.29, 0.717) is 17.4 Å². The average Bonchev–Trinajstić information content (AvgIpc) is 3.33. The van der Waals surface area contributed by atoms with Crippen molar-refractivity contribution in [3.63, 3.8) is 0 Å². The zero-order chi connectivity index (χ0) is 17.5. The molecule has 0 N–H and O–H groups in total. The van der Waals surface area contributed by atoms with Crippen LogP contribution >= 0.6 is 0 Å². The number of oxime groups is 2. The molecule has 0 bridgehead atoms. The van der Waals surface area contributed by atoms with Gasteiger partial charge in [-0.05, 0) is 0 Å². The van der Waals surface area contributed by atoms with Crippen LogP contribution in [0.4, 0.5) is 0 Å². The van der Waals surface area contributed by atoms with Gasteiger partial charge < -0.3 is 14.4 Å². The Hall–Kier alpha value is -3.48. The SMILES string of the molecule is COC1=CN2C(c3ccccc3)=NOC2N2C(c3ccccc3)=NOC12. The van der Waals surface area contributed by atoms with E-state index in [9.17, 15) is 0 Å². The van der Waals surface area contributed by atoms with Crippen LogP contribution in [-0.4, -0.2) is 41.2 Å². The molecular weight excluding hydrogens is 332 g/mol. The van der Waals surface area contributed by atoms with Crippen molar-refractivity contribution in [1.29, 1.82) is 0 Å². The summed E-state index contributed by atoms with van der Waals surface area (Å²) in [5.41, 5.74) is 1.89. The fourth-order valence-electron chi connectivity index (χ4n) is 3.26. The molecule has 3 heterocycles. The van der Waals surface area contributed by atoms with Crippen molar-refractivity contribution < 1.29 is 14.4 Å². The first-order valence-corrected chi connectivity index (χ1v) is 8.27. The Morgan fingerprint density at radius 1 is 0.846 bits per heavy atom. The molecule has 3 aliphatic rings. The molecule has 0 amide bonds. The molecule has 7 heteroatoms. The van der Waals surface area contributed by atoms with Crippen molar-refractivity contribution in [3.8, 4) is 0 Å². The summed E-state index contributed by atoms with van der Waals surface area (Å²) in [6.07, 6.45) is 0.881. The summed E-state index contributed by atoms with van der Waals surface area (Å²) in [4.78, 5) is 15.3. The molecule has 0 spiro atoms. The highest BCUT2D eigenvalue weighted by atomic mass is 16.7. The minimum atomic E-state index is -0.490. The van der Waals surface area contributed by atoms with Crippen molar-refractivity contribution in [2.24, 2.45) is 10.3 Å². The normalized spacial score (nSPS) is 23.2. The van der Waals surface area contributed by atoms with Crippen LogP contribution in [0.1, 0.15) is 11.1 Å². The Balaban J connectivity index is 1.55. The Kier molecular flexibility index (Phi) is 3.31. The summed E-state index contributed by atoms with van der Waals surface area (Å²) >= 11 is 0. The molecule has 5 rings (SSSR count). The standard InChI is InChI=1S/C19H16N4O3/c1-24-15-12-22-16(13-8-4-2-5-9-13)20-26-19(22)23-17(21-25-18(15)23)14-10-6-3-7-11-14/h2-12,18-19H,1H3. The van der Waals surface area contributed by atoms with Gasteiger partial charge >= 0.3 is 0 Å². The lowest BCUT2D eigenvalue weighted by Crippen LogP contribution is -2.55. The number of ether oxygens (including phenoxy) is 1. The van der Waals surface area contributed by atoms with Crippen LogP contribution in [0.15, 0.2) is 82.9 Å². The molecular formula is C19H16N4O3. The first-order chi connectivity index (χ1) is 12.9. The maximum atomic E-state index is 5.76. The van der Waals surface area contributed by atoms with E-state index < -0.39 is 12.6 Å². The number of rotatable bonds is 3. The van der Waals surface area contributed by atoms with Gasteiger partial charge in [0.15, 0.2) is 17.4 Å². The molecule has 2 aromatic carbocycles. The molecule has 0 aliphatic carbocycles. The van der Waals surface area contributed by atoms with Gasteiger partial charge in [-0.25, -0.2) is 0 Å². The van der Waals surface area contributed by atoms with E-state index in [1.165, 1.54) is 0 Å². The van der Waals surface area contributed by atoms with Gasteiger partial charge in [-0.15, -0.1) is 0 Å². The lowest BCUT2D eigenvalue weighted by atomic mass is 10.1. The summed E-state index contributed by atoms with van der Waals surface area (Å²) in [6, 6.07) is 19.7. The second-order valence-corrected chi connectivity index (χ2v) is 6.00. The van der Waals surface area contributed by atoms with Gasteiger partial charge in [0.05, 0.1) is 13.3 Å². The van der Waals surface area contributed by atoms with E-state index in [1.54, 1.807) is 7.11 Å². The Labute approximate surface area is 150 Å². The van der Waals surface area contributed by atoms with Gasteiger partial charge in [-0.3, -0.25) is 9.80 Å². The maximum absolute atomic E-state index is 5.76. The van der Waals surface area contributed by atoms with Crippen LogP contribution in [0.5, 0.6) is 0 Å². The van der Waals surface area contributed by atoms with Crippen LogP contribution in [0.2, 0.25) is 0 Å². The van der Waals surface area contributed by atoms with Crippen LogP contribution in [-0.2, 0) is 14.4 Å². The van der Waals surface area contributed by atoms with E-state index in [2.05, 4.69) is 10.3 Å². The van der Waals surface area contributed by atoms with Gasteiger partial charge in [-0.1, -0.05) is 71.0 Å². The number of hydrogen-bond donors (Lipinski definition) is 0. The van der Waals surface area contributed by atoms with Gasteiger partial charge in [0.2, 0.25) is 0 Å². The molecule has 0 saturated heterocycles. The number of fused-ring (bicyclic) bond motifs is 3. The fraction of sp³-hybridized carbons (Fsp3) is 0.158.